The highest BCUT2D eigenvalue weighted by Gasteiger charge is 2.33. The number of carbonyl (C=O) groups is 2. The molecule has 1 aliphatic rings. The molecule has 4 heterocycles. The highest BCUT2D eigenvalue weighted by Crippen LogP contribution is 2.35. The van der Waals surface area contributed by atoms with Gasteiger partial charge in [0.25, 0.3) is 5.91 Å². The molecule has 3 N–H and O–H groups in total. The summed E-state index contributed by atoms with van der Waals surface area (Å²) in [5, 5.41) is 10.4. The van der Waals surface area contributed by atoms with Crippen molar-refractivity contribution in [1.29, 1.82) is 0 Å². The van der Waals surface area contributed by atoms with Crippen molar-refractivity contribution in [3.05, 3.63) is 59.8 Å². The number of rotatable bonds is 3. The SMILES string of the molecule is Cc1nn(-c2ncnc3nc[nH]c23)c2c1C(NC(=O)c1ccccc1)CC(=O)N2. The molecule has 3 aromatic heterocycles. The highest BCUT2D eigenvalue weighted by molar-refractivity contribution is 5.98. The Morgan fingerprint density at radius 1 is 1.21 bits per heavy atom. The first-order valence-electron chi connectivity index (χ1n) is 9.01. The first-order valence-corrected chi connectivity index (χ1v) is 9.01. The Bertz CT molecular complexity index is 1240. The van der Waals surface area contributed by atoms with Gasteiger partial charge in [-0.15, -0.1) is 0 Å². The lowest BCUT2D eigenvalue weighted by molar-refractivity contribution is -0.117. The maximum Gasteiger partial charge on any atom is 0.251 e. The number of imidazole rings is 1. The maximum absolute atomic E-state index is 12.7. The molecule has 1 unspecified atom stereocenters. The van der Waals surface area contributed by atoms with E-state index in [9.17, 15) is 9.59 Å². The van der Waals surface area contributed by atoms with Gasteiger partial charge in [0.05, 0.1) is 24.5 Å². The van der Waals surface area contributed by atoms with E-state index in [0.717, 1.165) is 5.56 Å². The van der Waals surface area contributed by atoms with Crippen molar-refractivity contribution in [2.24, 2.45) is 0 Å². The molecule has 29 heavy (non-hydrogen) atoms. The molecule has 4 aromatic rings. The summed E-state index contributed by atoms with van der Waals surface area (Å²) < 4.78 is 1.55. The molecular formula is C19H16N8O2. The molecule has 0 bridgehead atoms. The molecule has 1 aromatic carbocycles. The monoisotopic (exact) mass is 388 g/mol. The minimum Gasteiger partial charge on any atom is -0.344 e. The normalized spacial score (nSPS) is 15.8. The number of aromatic nitrogens is 6. The Kier molecular flexibility index (Phi) is 3.83. The molecule has 0 saturated heterocycles. The van der Waals surface area contributed by atoms with Crippen molar-refractivity contribution in [2.45, 2.75) is 19.4 Å². The molecular weight excluding hydrogens is 372 g/mol. The second-order valence-corrected chi connectivity index (χ2v) is 6.70. The predicted octanol–water partition coefficient (Wildman–Crippen LogP) is 1.66. The van der Waals surface area contributed by atoms with Gasteiger partial charge in [-0.05, 0) is 19.1 Å². The third-order valence-electron chi connectivity index (χ3n) is 4.85. The van der Waals surface area contributed by atoms with Crippen LogP contribution < -0.4 is 10.6 Å². The largest absolute Gasteiger partial charge is 0.344 e. The van der Waals surface area contributed by atoms with E-state index in [0.29, 0.717) is 34.1 Å². The van der Waals surface area contributed by atoms with Crippen LogP contribution in [0.1, 0.15) is 34.1 Å². The first kappa shape index (κ1) is 17.0. The van der Waals surface area contributed by atoms with Gasteiger partial charge in [0.2, 0.25) is 5.91 Å². The van der Waals surface area contributed by atoms with Crippen molar-refractivity contribution in [2.75, 3.05) is 5.32 Å². The van der Waals surface area contributed by atoms with Crippen LogP contribution in [-0.4, -0.2) is 41.5 Å². The fourth-order valence-electron chi connectivity index (χ4n) is 3.57. The van der Waals surface area contributed by atoms with Crippen LogP contribution in [0, 0.1) is 6.92 Å². The summed E-state index contributed by atoms with van der Waals surface area (Å²) in [7, 11) is 0. The Morgan fingerprint density at radius 2 is 2.03 bits per heavy atom. The van der Waals surface area contributed by atoms with Gasteiger partial charge in [-0.3, -0.25) is 9.59 Å². The second-order valence-electron chi connectivity index (χ2n) is 6.70. The number of carbonyl (C=O) groups excluding carboxylic acids is 2. The topological polar surface area (TPSA) is 130 Å². The Labute approximate surface area is 164 Å². The van der Waals surface area contributed by atoms with Crippen LogP contribution in [0.5, 0.6) is 0 Å². The van der Waals surface area contributed by atoms with E-state index < -0.39 is 6.04 Å². The lowest BCUT2D eigenvalue weighted by atomic mass is 9.99. The van der Waals surface area contributed by atoms with E-state index in [1.54, 1.807) is 28.9 Å². The molecule has 5 rings (SSSR count). The number of fused-ring (bicyclic) bond motifs is 2. The first-order chi connectivity index (χ1) is 14.1. The standard InChI is InChI=1S/C19H16N8O2/c1-10-14-12(24-19(29)11-5-3-2-4-6-11)7-13(28)25-17(14)27(26-10)18-15-16(21-8-20-15)22-9-23-18/h2-6,8-9,12H,7H2,1H3,(H,24,29)(H,25,28)(H,20,21,22,23). The van der Waals surface area contributed by atoms with Gasteiger partial charge in [-0.1, -0.05) is 18.2 Å². The smallest absolute Gasteiger partial charge is 0.251 e. The van der Waals surface area contributed by atoms with Gasteiger partial charge in [-0.2, -0.15) is 9.78 Å². The van der Waals surface area contributed by atoms with Crippen LogP contribution in [0.3, 0.4) is 0 Å². The number of benzene rings is 1. The summed E-state index contributed by atoms with van der Waals surface area (Å²) in [6.45, 7) is 1.83. The molecule has 144 valence electrons. The molecule has 0 radical (unpaired) electrons. The van der Waals surface area contributed by atoms with Crippen LogP contribution in [-0.2, 0) is 4.79 Å². The fraction of sp³-hybridized carbons (Fsp3) is 0.158. The van der Waals surface area contributed by atoms with Crippen molar-refractivity contribution in [3.63, 3.8) is 0 Å². The molecule has 0 spiro atoms. The number of hydrogen-bond acceptors (Lipinski definition) is 6. The van der Waals surface area contributed by atoms with Gasteiger partial charge in [0.1, 0.15) is 17.7 Å². The third-order valence-corrected chi connectivity index (χ3v) is 4.85. The summed E-state index contributed by atoms with van der Waals surface area (Å²) in [6, 6.07) is 8.38. The molecule has 10 heteroatoms. The number of aromatic amines is 1. The van der Waals surface area contributed by atoms with Gasteiger partial charge in [0, 0.05) is 11.1 Å². The van der Waals surface area contributed by atoms with E-state index in [-0.39, 0.29) is 18.2 Å². The zero-order chi connectivity index (χ0) is 20.0. The van der Waals surface area contributed by atoms with Crippen molar-refractivity contribution in [3.8, 4) is 5.82 Å². The summed E-state index contributed by atoms with van der Waals surface area (Å²) in [5.41, 5.74) is 3.06. The van der Waals surface area contributed by atoms with E-state index in [4.69, 9.17) is 0 Å². The number of nitrogens with zero attached hydrogens (tertiary/aromatic N) is 5. The molecule has 0 saturated carbocycles. The number of aryl methyl sites for hydroxylation is 1. The third kappa shape index (κ3) is 2.81. The number of H-pyrrole nitrogens is 1. The minimum absolute atomic E-state index is 0.126. The molecule has 1 aliphatic heterocycles. The summed E-state index contributed by atoms with van der Waals surface area (Å²) in [4.78, 5) is 40.6. The lowest BCUT2D eigenvalue weighted by Crippen LogP contribution is -2.35. The van der Waals surface area contributed by atoms with Crippen LogP contribution in [0.4, 0.5) is 5.82 Å². The van der Waals surface area contributed by atoms with Gasteiger partial charge in [0.15, 0.2) is 11.5 Å². The molecule has 10 nitrogen and oxygen atoms in total. The van der Waals surface area contributed by atoms with Crippen LogP contribution in [0.2, 0.25) is 0 Å². The van der Waals surface area contributed by atoms with Crippen LogP contribution >= 0.6 is 0 Å². The second kappa shape index (κ2) is 6.51. The van der Waals surface area contributed by atoms with Crippen molar-refractivity contribution < 1.29 is 9.59 Å². The zero-order valence-corrected chi connectivity index (χ0v) is 15.4. The maximum atomic E-state index is 12.7. The Balaban J connectivity index is 1.58. The van der Waals surface area contributed by atoms with Crippen LogP contribution in [0.15, 0.2) is 43.0 Å². The Morgan fingerprint density at radius 3 is 2.86 bits per heavy atom. The van der Waals surface area contributed by atoms with Crippen molar-refractivity contribution >= 4 is 28.8 Å². The molecule has 1 atom stereocenters. The van der Waals surface area contributed by atoms with Gasteiger partial charge in [-0.25, -0.2) is 15.0 Å². The average molecular weight is 388 g/mol. The van der Waals surface area contributed by atoms with E-state index in [1.807, 2.05) is 13.0 Å². The number of hydrogen-bond donors (Lipinski definition) is 3. The summed E-state index contributed by atoms with van der Waals surface area (Å²) in [5.74, 6) is 0.479. The molecule has 2 amide bonds. The summed E-state index contributed by atoms with van der Waals surface area (Å²) >= 11 is 0. The van der Waals surface area contributed by atoms with Crippen molar-refractivity contribution in [1.82, 2.24) is 35.0 Å². The van der Waals surface area contributed by atoms with Gasteiger partial charge >= 0.3 is 0 Å². The van der Waals surface area contributed by atoms with E-state index in [1.165, 1.54) is 12.7 Å². The quantitative estimate of drug-likeness (QED) is 0.489. The predicted molar refractivity (Wildman–Crippen MR) is 103 cm³/mol. The molecule has 0 fully saturated rings. The number of amides is 2. The number of anilines is 1. The Hall–Kier alpha value is -4.08. The lowest BCUT2D eigenvalue weighted by Gasteiger charge is -2.24. The average Bonchev–Trinajstić information content (AvgIpc) is 3.33. The highest BCUT2D eigenvalue weighted by atomic mass is 16.2. The van der Waals surface area contributed by atoms with Crippen LogP contribution in [0.25, 0.3) is 17.0 Å². The van der Waals surface area contributed by atoms with E-state index >= 15 is 0 Å². The van der Waals surface area contributed by atoms with E-state index in [2.05, 4.69) is 35.7 Å². The molecule has 0 aliphatic carbocycles. The minimum atomic E-state index is -0.501. The zero-order valence-electron chi connectivity index (χ0n) is 15.4. The summed E-state index contributed by atoms with van der Waals surface area (Å²) in [6.07, 6.45) is 3.04. The number of nitrogens with one attached hydrogen (secondary N) is 3. The fourth-order valence-corrected chi connectivity index (χ4v) is 3.57. The van der Waals surface area contributed by atoms with Gasteiger partial charge < -0.3 is 15.6 Å².